The Labute approximate surface area is 108 Å². The Bertz CT molecular complexity index is 553. The highest BCUT2D eigenvalue weighted by Crippen LogP contribution is 2.34. The molecule has 1 saturated heterocycles. The van der Waals surface area contributed by atoms with Gasteiger partial charge in [-0.15, -0.1) is 0 Å². The van der Waals surface area contributed by atoms with Gasteiger partial charge in [0.2, 0.25) is 0 Å². The number of benzene rings is 1. The number of hydrogen-bond donors (Lipinski definition) is 1. The topological polar surface area (TPSA) is 26.2 Å². The molecule has 1 N–H and O–H groups in total. The number of nitrogens with zero attached hydrogens (tertiary/aromatic N) is 1. The van der Waals surface area contributed by atoms with Crippen molar-refractivity contribution in [2.75, 3.05) is 13.7 Å². The standard InChI is InChI=1S/C15H20N2O/c1-17-8-6-11-9-15(18-2)12(10-14(11)17)13-5-3-4-7-16-13/h6,8-10,13,16H,3-5,7H2,1-2H3. The van der Waals surface area contributed by atoms with Gasteiger partial charge in [-0.3, -0.25) is 0 Å². The Balaban J connectivity index is 2.09. The van der Waals surface area contributed by atoms with Gasteiger partial charge in [0.1, 0.15) is 5.75 Å². The third-order valence-electron chi connectivity index (χ3n) is 3.92. The maximum absolute atomic E-state index is 5.57. The molecule has 0 bridgehead atoms. The van der Waals surface area contributed by atoms with Crippen LogP contribution in [0.4, 0.5) is 0 Å². The molecule has 1 aromatic carbocycles. The number of piperidine rings is 1. The molecule has 1 aliphatic rings. The van der Waals surface area contributed by atoms with Gasteiger partial charge in [0.05, 0.1) is 7.11 Å². The third-order valence-corrected chi connectivity index (χ3v) is 3.92. The van der Waals surface area contributed by atoms with E-state index in [1.165, 1.54) is 35.7 Å². The minimum absolute atomic E-state index is 0.438. The molecule has 1 unspecified atom stereocenters. The van der Waals surface area contributed by atoms with Crippen LogP contribution in [0, 0.1) is 0 Å². The lowest BCUT2D eigenvalue weighted by Gasteiger charge is -2.25. The van der Waals surface area contributed by atoms with Crippen LogP contribution < -0.4 is 10.1 Å². The first-order valence-electron chi connectivity index (χ1n) is 6.66. The van der Waals surface area contributed by atoms with Crippen LogP contribution in [0.25, 0.3) is 10.9 Å². The predicted octanol–water partition coefficient (Wildman–Crippen LogP) is 3.00. The maximum Gasteiger partial charge on any atom is 0.124 e. The fraction of sp³-hybridized carbons (Fsp3) is 0.467. The van der Waals surface area contributed by atoms with Gasteiger partial charge in [-0.25, -0.2) is 0 Å². The van der Waals surface area contributed by atoms with Crippen molar-refractivity contribution in [2.24, 2.45) is 7.05 Å². The Kier molecular flexibility index (Phi) is 3.00. The van der Waals surface area contributed by atoms with E-state index in [2.05, 4.69) is 41.3 Å². The number of ether oxygens (including phenoxy) is 1. The average Bonchev–Trinajstić information content (AvgIpc) is 2.79. The van der Waals surface area contributed by atoms with Gasteiger partial charge in [0.25, 0.3) is 0 Å². The molecule has 2 heterocycles. The zero-order valence-electron chi connectivity index (χ0n) is 11.1. The van der Waals surface area contributed by atoms with Gasteiger partial charge in [0, 0.05) is 35.8 Å². The molecule has 3 heteroatoms. The largest absolute Gasteiger partial charge is 0.496 e. The van der Waals surface area contributed by atoms with Crippen molar-refractivity contribution in [2.45, 2.75) is 25.3 Å². The molecule has 0 radical (unpaired) electrons. The third kappa shape index (κ3) is 1.89. The van der Waals surface area contributed by atoms with Crippen molar-refractivity contribution in [3.8, 4) is 5.75 Å². The average molecular weight is 244 g/mol. The fourth-order valence-electron chi connectivity index (χ4n) is 2.88. The molecule has 0 aliphatic carbocycles. The van der Waals surface area contributed by atoms with E-state index in [-0.39, 0.29) is 0 Å². The second kappa shape index (κ2) is 4.65. The Morgan fingerprint density at radius 1 is 1.33 bits per heavy atom. The van der Waals surface area contributed by atoms with Gasteiger partial charge in [-0.05, 0) is 37.6 Å². The number of fused-ring (bicyclic) bond motifs is 1. The van der Waals surface area contributed by atoms with E-state index in [4.69, 9.17) is 4.74 Å². The first-order chi connectivity index (χ1) is 8.79. The van der Waals surface area contributed by atoms with E-state index in [1.54, 1.807) is 7.11 Å². The molecule has 0 saturated carbocycles. The number of methoxy groups -OCH3 is 1. The zero-order valence-corrected chi connectivity index (χ0v) is 11.1. The van der Waals surface area contributed by atoms with Crippen LogP contribution >= 0.6 is 0 Å². The highest BCUT2D eigenvalue weighted by molar-refractivity contribution is 5.83. The molecule has 3 rings (SSSR count). The molecule has 18 heavy (non-hydrogen) atoms. The van der Waals surface area contributed by atoms with E-state index in [0.29, 0.717) is 6.04 Å². The van der Waals surface area contributed by atoms with E-state index in [1.807, 2.05) is 0 Å². The van der Waals surface area contributed by atoms with Crippen LogP contribution in [0.3, 0.4) is 0 Å². The summed E-state index contributed by atoms with van der Waals surface area (Å²) in [6, 6.07) is 7.00. The molecule has 1 fully saturated rings. The number of aromatic nitrogens is 1. The van der Waals surface area contributed by atoms with Crippen molar-refractivity contribution >= 4 is 10.9 Å². The summed E-state index contributed by atoms with van der Waals surface area (Å²) in [5.74, 6) is 1.01. The van der Waals surface area contributed by atoms with Crippen LogP contribution in [-0.2, 0) is 7.05 Å². The minimum Gasteiger partial charge on any atom is -0.496 e. The molecule has 96 valence electrons. The summed E-state index contributed by atoms with van der Waals surface area (Å²) in [6.07, 6.45) is 5.88. The molecule has 1 aromatic heterocycles. The van der Waals surface area contributed by atoms with Crippen molar-refractivity contribution in [1.29, 1.82) is 0 Å². The van der Waals surface area contributed by atoms with E-state index >= 15 is 0 Å². The first kappa shape index (κ1) is 11.6. The Morgan fingerprint density at radius 3 is 2.94 bits per heavy atom. The van der Waals surface area contributed by atoms with Crippen molar-refractivity contribution < 1.29 is 4.74 Å². The molecule has 1 aliphatic heterocycles. The molecule has 1 atom stereocenters. The summed E-state index contributed by atoms with van der Waals surface area (Å²) < 4.78 is 7.73. The number of nitrogens with one attached hydrogen (secondary N) is 1. The molecule has 0 amide bonds. The van der Waals surface area contributed by atoms with Crippen LogP contribution in [0.2, 0.25) is 0 Å². The minimum atomic E-state index is 0.438. The molecule has 3 nitrogen and oxygen atoms in total. The second-order valence-electron chi connectivity index (χ2n) is 5.08. The first-order valence-corrected chi connectivity index (χ1v) is 6.66. The SMILES string of the molecule is COc1cc2ccn(C)c2cc1C1CCCCN1. The van der Waals surface area contributed by atoms with Crippen molar-refractivity contribution in [3.05, 3.63) is 30.0 Å². The predicted molar refractivity (Wildman–Crippen MR) is 74.1 cm³/mol. The lowest BCUT2D eigenvalue weighted by atomic mass is 9.96. The van der Waals surface area contributed by atoms with Crippen LogP contribution in [0.15, 0.2) is 24.4 Å². The summed E-state index contributed by atoms with van der Waals surface area (Å²) in [6.45, 7) is 1.11. The van der Waals surface area contributed by atoms with Gasteiger partial charge in [0.15, 0.2) is 0 Å². The van der Waals surface area contributed by atoms with Crippen molar-refractivity contribution in [3.63, 3.8) is 0 Å². The molecule has 0 spiro atoms. The zero-order chi connectivity index (χ0) is 12.5. The molecular weight excluding hydrogens is 224 g/mol. The van der Waals surface area contributed by atoms with Crippen LogP contribution in [-0.4, -0.2) is 18.2 Å². The Hall–Kier alpha value is -1.48. The normalized spacial score (nSPS) is 20.2. The van der Waals surface area contributed by atoms with Crippen molar-refractivity contribution in [1.82, 2.24) is 9.88 Å². The van der Waals surface area contributed by atoms with E-state index in [0.717, 1.165) is 12.3 Å². The van der Waals surface area contributed by atoms with Gasteiger partial charge in [-0.2, -0.15) is 0 Å². The molecule has 2 aromatic rings. The van der Waals surface area contributed by atoms with E-state index < -0.39 is 0 Å². The number of aryl methyl sites for hydroxylation is 1. The highest BCUT2D eigenvalue weighted by atomic mass is 16.5. The van der Waals surface area contributed by atoms with Gasteiger partial charge < -0.3 is 14.6 Å². The monoisotopic (exact) mass is 244 g/mol. The van der Waals surface area contributed by atoms with Gasteiger partial charge in [-0.1, -0.05) is 6.42 Å². The lowest BCUT2D eigenvalue weighted by molar-refractivity contribution is 0.374. The van der Waals surface area contributed by atoms with Crippen LogP contribution in [0.5, 0.6) is 5.75 Å². The summed E-state index contributed by atoms with van der Waals surface area (Å²) >= 11 is 0. The summed E-state index contributed by atoms with van der Waals surface area (Å²) in [5, 5.41) is 4.84. The summed E-state index contributed by atoms with van der Waals surface area (Å²) in [7, 11) is 3.85. The quantitative estimate of drug-likeness (QED) is 0.879. The Morgan fingerprint density at radius 2 is 2.22 bits per heavy atom. The number of rotatable bonds is 2. The maximum atomic E-state index is 5.57. The smallest absolute Gasteiger partial charge is 0.124 e. The fourth-order valence-corrected chi connectivity index (χ4v) is 2.88. The van der Waals surface area contributed by atoms with E-state index in [9.17, 15) is 0 Å². The lowest BCUT2D eigenvalue weighted by Crippen LogP contribution is -2.27. The number of hydrogen-bond acceptors (Lipinski definition) is 2. The van der Waals surface area contributed by atoms with Crippen LogP contribution in [0.1, 0.15) is 30.9 Å². The van der Waals surface area contributed by atoms with Gasteiger partial charge >= 0.3 is 0 Å². The molecular formula is C15H20N2O. The highest BCUT2D eigenvalue weighted by Gasteiger charge is 2.19. The summed E-state index contributed by atoms with van der Waals surface area (Å²) in [4.78, 5) is 0. The second-order valence-corrected chi connectivity index (χ2v) is 5.08. The summed E-state index contributed by atoms with van der Waals surface area (Å²) in [5.41, 5.74) is 2.57.